The van der Waals surface area contributed by atoms with Crippen molar-refractivity contribution in [3.05, 3.63) is 83.5 Å². The third-order valence-electron chi connectivity index (χ3n) is 5.60. The van der Waals surface area contributed by atoms with Crippen LogP contribution >= 0.6 is 0 Å². The van der Waals surface area contributed by atoms with E-state index < -0.39 is 11.5 Å². The molecule has 0 unspecified atom stereocenters. The molecule has 4 rings (SSSR count). The van der Waals surface area contributed by atoms with Crippen LogP contribution in [-0.4, -0.2) is 48.4 Å². The summed E-state index contributed by atoms with van der Waals surface area (Å²) in [6, 6.07) is 13.5. The topological polar surface area (TPSA) is 126 Å². The van der Waals surface area contributed by atoms with Crippen LogP contribution in [0.2, 0.25) is 0 Å². The molecule has 4 aromatic rings. The number of amides is 1. The van der Waals surface area contributed by atoms with Gasteiger partial charge in [-0.25, -0.2) is 14.4 Å². The quantitative estimate of drug-likeness (QED) is 0.272. The van der Waals surface area contributed by atoms with Crippen molar-refractivity contribution in [3.63, 3.8) is 0 Å². The molecular formula is C27H29FN6O3. The van der Waals surface area contributed by atoms with Gasteiger partial charge in [0.25, 0.3) is 5.91 Å². The number of H-pyrrole nitrogens is 1. The Balaban J connectivity index is 1.42. The van der Waals surface area contributed by atoms with E-state index in [0.29, 0.717) is 48.1 Å². The lowest BCUT2D eigenvalue weighted by atomic mass is 10.0. The lowest BCUT2D eigenvalue weighted by molar-refractivity contribution is 0.0641. The number of hydrogen-bond acceptors (Lipinski definition) is 7. The minimum absolute atomic E-state index is 0.0178. The number of halogens is 1. The summed E-state index contributed by atoms with van der Waals surface area (Å²) in [4.78, 5) is 24.1. The number of benzene rings is 2. The van der Waals surface area contributed by atoms with E-state index in [2.05, 4.69) is 30.5 Å². The molecule has 0 spiro atoms. The van der Waals surface area contributed by atoms with Gasteiger partial charge >= 0.3 is 0 Å². The van der Waals surface area contributed by atoms with Gasteiger partial charge in [-0.3, -0.25) is 4.79 Å². The third kappa shape index (κ3) is 7.40. The first-order valence-electron chi connectivity index (χ1n) is 11.9. The van der Waals surface area contributed by atoms with Gasteiger partial charge in [-0.05, 0) is 69.0 Å². The van der Waals surface area contributed by atoms with Gasteiger partial charge in [0.2, 0.25) is 5.82 Å². The van der Waals surface area contributed by atoms with E-state index in [1.165, 1.54) is 18.5 Å². The van der Waals surface area contributed by atoms with Crippen LogP contribution < -0.4 is 10.1 Å². The standard InChI is InChI=1S/C27H29FN6O3/c1-17-8-9-20(37-11-5-10-27(2,3)36)14-21(17)22-15-23(30-16-29-22)32-26(35)25-31-24(33-34-25)13-18-6-4-7-19(28)12-18/h4,6-9,12,14-16,36H,5,10-11,13H2,1-3H3,(H,31,33,34)(H,29,30,32,35). The number of carbonyl (C=O) groups is 1. The van der Waals surface area contributed by atoms with Crippen LogP contribution in [0, 0.1) is 12.7 Å². The molecule has 2 heterocycles. The minimum Gasteiger partial charge on any atom is -0.494 e. The number of carbonyl (C=O) groups excluding carboxylic acids is 1. The van der Waals surface area contributed by atoms with Gasteiger partial charge in [0.15, 0.2) is 0 Å². The number of anilines is 1. The predicted molar refractivity (Wildman–Crippen MR) is 137 cm³/mol. The Hall–Kier alpha value is -4.18. The molecule has 0 bridgehead atoms. The fourth-order valence-electron chi connectivity index (χ4n) is 3.73. The molecule has 2 aromatic heterocycles. The number of aliphatic hydroxyl groups is 1. The van der Waals surface area contributed by atoms with E-state index in [9.17, 15) is 14.3 Å². The highest BCUT2D eigenvalue weighted by atomic mass is 19.1. The molecule has 0 saturated heterocycles. The predicted octanol–water partition coefficient (Wildman–Crippen LogP) is 4.48. The van der Waals surface area contributed by atoms with Gasteiger partial charge < -0.3 is 20.1 Å². The Kier molecular flexibility index (Phi) is 7.88. The molecule has 3 N–H and O–H groups in total. The molecule has 0 atom stereocenters. The average Bonchev–Trinajstić information content (AvgIpc) is 3.31. The van der Waals surface area contributed by atoms with Gasteiger partial charge in [0, 0.05) is 18.1 Å². The van der Waals surface area contributed by atoms with Crippen molar-refractivity contribution in [2.45, 2.75) is 45.6 Å². The number of aryl methyl sites for hydroxylation is 1. The largest absolute Gasteiger partial charge is 0.494 e. The zero-order valence-corrected chi connectivity index (χ0v) is 21.0. The number of hydrogen-bond donors (Lipinski definition) is 3. The van der Waals surface area contributed by atoms with Crippen LogP contribution in [-0.2, 0) is 6.42 Å². The van der Waals surface area contributed by atoms with Crippen LogP contribution in [0.1, 0.15) is 54.3 Å². The smallest absolute Gasteiger partial charge is 0.294 e. The van der Waals surface area contributed by atoms with Crippen LogP contribution in [0.3, 0.4) is 0 Å². The summed E-state index contributed by atoms with van der Waals surface area (Å²) >= 11 is 0. The van der Waals surface area contributed by atoms with Crippen molar-refractivity contribution in [3.8, 4) is 17.0 Å². The Labute approximate surface area is 214 Å². The van der Waals surface area contributed by atoms with E-state index in [-0.39, 0.29) is 11.6 Å². The molecule has 0 saturated carbocycles. The van der Waals surface area contributed by atoms with Crippen LogP contribution in [0.15, 0.2) is 54.9 Å². The number of ether oxygens (including phenoxy) is 1. The van der Waals surface area contributed by atoms with Gasteiger partial charge in [-0.1, -0.05) is 18.2 Å². The van der Waals surface area contributed by atoms with Gasteiger partial charge in [0.1, 0.15) is 29.5 Å². The second-order valence-electron chi connectivity index (χ2n) is 9.41. The minimum atomic E-state index is -0.724. The highest BCUT2D eigenvalue weighted by molar-refractivity contribution is 6.01. The lowest BCUT2D eigenvalue weighted by Crippen LogP contribution is -2.19. The Morgan fingerprint density at radius 2 is 1.97 bits per heavy atom. The van der Waals surface area contributed by atoms with Gasteiger partial charge in [0.05, 0.1) is 17.9 Å². The Morgan fingerprint density at radius 3 is 2.76 bits per heavy atom. The zero-order chi connectivity index (χ0) is 26.4. The summed E-state index contributed by atoms with van der Waals surface area (Å²) in [6.45, 7) is 5.99. The summed E-state index contributed by atoms with van der Waals surface area (Å²) in [7, 11) is 0. The second-order valence-corrected chi connectivity index (χ2v) is 9.41. The van der Waals surface area contributed by atoms with Crippen LogP contribution in [0.25, 0.3) is 11.3 Å². The SMILES string of the molecule is Cc1ccc(OCCCC(C)(C)O)cc1-c1cc(NC(=O)c2nnc(Cc3cccc(F)c3)[nH]2)ncn1. The van der Waals surface area contributed by atoms with Crippen molar-refractivity contribution < 1.29 is 19.0 Å². The third-order valence-corrected chi connectivity index (χ3v) is 5.60. The first-order valence-corrected chi connectivity index (χ1v) is 11.9. The maximum atomic E-state index is 13.4. The fraction of sp³-hybridized carbons (Fsp3) is 0.296. The van der Waals surface area contributed by atoms with E-state index in [4.69, 9.17) is 4.74 Å². The van der Waals surface area contributed by atoms with E-state index in [0.717, 1.165) is 17.5 Å². The first-order chi connectivity index (χ1) is 17.7. The average molecular weight is 505 g/mol. The highest BCUT2D eigenvalue weighted by Crippen LogP contribution is 2.27. The number of aromatic amines is 1. The first kappa shape index (κ1) is 25.9. The summed E-state index contributed by atoms with van der Waals surface area (Å²) in [5.41, 5.74) is 2.43. The number of nitrogens with zero attached hydrogens (tertiary/aromatic N) is 4. The molecule has 1 amide bonds. The monoisotopic (exact) mass is 504 g/mol. The molecule has 192 valence electrons. The molecule has 0 fully saturated rings. The molecule has 9 nitrogen and oxygen atoms in total. The lowest BCUT2D eigenvalue weighted by Gasteiger charge is -2.17. The van der Waals surface area contributed by atoms with Crippen molar-refractivity contribution in [2.75, 3.05) is 11.9 Å². The van der Waals surface area contributed by atoms with Crippen molar-refractivity contribution >= 4 is 11.7 Å². The summed E-state index contributed by atoms with van der Waals surface area (Å²) in [5, 5.41) is 20.4. The van der Waals surface area contributed by atoms with Gasteiger partial charge in [-0.15, -0.1) is 10.2 Å². The molecule has 0 aliphatic carbocycles. The van der Waals surface area contributed by atoms with Crippen molar-refractivity contribution in [2.24, 2.45) is 0 Å². The van der Waals surface area contributed by atoms with Crippen molar-refractivity contribution in [1.29, 1.82) is 0 Å². The molecule has 10 heteroatoms. The molecular weight excluding hydrogens is 475 g/mol. The van der Waals surface area contributed by atoms with E-state index >= 15 is 0 Å². The second kappa shape index (κ2) is 11.3. The molecule has 0 radical (unpaired) electrons. The summed E-state index contributed by atoms with van der Waals surface area (Å²) in [5.74, 6) is 0.594. The molecule has 2 aromatic carbocycles. The summed E-state index contributed by atoms with van der Waals surface area (Å²) in [6.07, 6.45) is 3.04. The fourth-order valence-corrected chi connectivity index (χ4v) is 3.73. The Morgan fingerprint density at radius 1 is 1.14 bits per heavy atom. The maximum absolute atomic E-state index is 13.4. The normalized spacial score (nSPS) is 11.4. The number of nitrogens with one attached hydrogen (secondary N) is 2. The van der Waals surface area contributed by atoms with Gasteiger partial charge in [-0.2, -0.15) is 0 Å². The number of aromatic nitrogens is 5. The highest BCUT2D eigenvalue weighted by Gasteiger charge is 2.15. The van der Waals surface area contributed by atoms with E-state index in [1.807, 2.05) is 25.1 Å². The Bertz CT molecular complexity index is 1380. The van der Waals surface area contributed by atoms with Crippen molar-refractivity contribution in [1.82, 2.24) is 25.1 Å². The van der Waals surface area contributed by atoms with Crippen LogP contribution in [0.4, 0.5) is 10.2 Å². The zero-order valence-electron chi connectivity index (χ0n) is 21.0. The number of rotatable bonds is 10. The summed E-state index contributed by atoms with van der Waals surface area (Å²) < 4.78 is 19.3. The molecule has 0 aliphatic rings. The van der Waals surface area contributed by atoms with Crippen LogP contribution in [0.5, 0.6) is 5.75 Å². The van der Waals surface area contributed by atoms with E-state index in [1.54, 1.807) is 32.0 Å². The molecule has 0 aliphatic heterocycles. The molecule has 37 heavy (non-hydrogen) atoms. The maximum Gasteiger partial charge on any atom is 0.294 e.